The fourth-order valence-corrected chi connectivity index (χ4v) is 2.33. The molecule has 0 fully saturated rings. The number of carbonyl (C=O) groups is 2. The summed E-state index contributed by atoms with van der Waals surface area (Å²) in [6, 6.07) is 9.48. The first-order valence-corrected chi connectivity index (χ1v) is 7.96. The molecule has 2 rings (SSSR count). The largest absolute Gasteiger partial charge is 0.311 e. The van der Waals surface area contributed by atoms with Crippen LogP contribution in [0.15, 0.2) is 36.5 Å². The van der Waals surface area contributed by atoms with E-state index in [0.717, 1.165) is 6.42 Å². The van der Waals surface area contributed by atoms with Gasteiger partial charge in [-0.25, -0.2) is 4.68 Å². The Kier molecular flexibility index (Phi) is 5.68. The number of hydrogen-bond acceptors (Lipinski definition) is 3. The molecule has 0 bridgehead atoms. The molecular weight excluding hydrogens is 290 g/mol. The highest BCUT2D eigenvalue weighted by Gasteiger charge is 2.12. The smallest absolute Gasteiger partial charge is 0.225 e. The van der Waals surface area contributed by atoms with E-state index in [1.165, 1.54) is 5.56 Å². The molecule has 0 radical (unpaired) electrons. The molecule has 2 aromatic rings. The maximum Gasteiger partial charge on any atom is 0.225 e. The number of nitrogens with zero attached hydrogens (tertiary/aromatic N) is 2. The highest BCUT2D eigenvalue weighted by atomic mass is 16.2. The van der Waals surface area contributed by atoms with Crippen LogP contribution in [0.1, 0.15) is 55.6 Å². The van der Waals surface area contributed by atoms with Crippen LogP contribution in [0, 0.1) is 0 Å². The van der Waals surface area contributed by atoms with E-state index in [1.807, 2.05) is 38.1 Å². The van der Waals surface area contributed by atoms with Crippen molar-refractivity contribution in [1.29, 1.82) is 0 Å². The molecule has 0 saturated heterocycles. The lowest BCUT2D eigenvalue weighted by atomic mass is 10.0. The Bertz CT molecular complexity index is 672. The van der Waals surface area contributed by atoms with E-state index >= 15 is 0 Å². The summed E-state index contributed by atoms with van der Waals surface area (Å²) in [7, 11) is 0. The number of rotatable bonds is 7. The monoisotopic (exact) mass is 313 g/mol. The molecule has 1 N–H and O–H groups in total. The number of ketones is 1. The van der Waals surface area contributed by atoms with Gasteiger partial charge in [-0.3, -0.25) is 9.59 Å². The third-order valence-electron chi connectivity index (χ3n) is 3.69. The predicted octanol–water partition coefficient (Wildman–Crippen LogP) is 3.63. The molecule has 1 heterocycles. The molecule has 5 nitrogen and oxygen atoms in total. The van der Waals surface area contributed by atoms with E-state index in [1.54, 1.807) is 16.9 Å². The second-order valence-corrected chi connectivity index (χ2v) is 5.78. The van der Waals surface area contributed by atoms with Gasteiger partial charge in [0.25, 0.3) is 0 Å². The minimum Gasteiger partial charge on any atom is -0.311 e. The van der Waals surface area contributed by atoms with Gasteiger partial charge in [-0.15, -0.1) is 0 Å². The third-order valence-corrected chi connectivity index (χ3v) is 3.69. The summed E-state index contributed by atoms with van der Waals surface area (Å²) in [6.45, 7) is 6.06. The van der Waals surface area contributed by atoms with Crippen LogP contribution in [0.5, 0.6) is 0 Å². The van der Waals surface area contributed by atoms with Crippen molar-refractivity contribution < 1.29 is 9.59 Å². The number of benzene rings is 1. The molecule has 0 spiro atoms. The van der Waals surface area contributed by atoms with Gasteiger partial charge in [0.15, 0.2) is 5.78 Å². The van der Waals surface area contributed by atoms with Gasteiger partial charge < -0.3 is 5.32 Å². The zero-order valence-electron chi connectivity index (χ0n) is 13.9. The Morgan fingerprint density at radius 3 is 2.43 bits per heavy atom. The number of aryl methyl sites for hydroxylation is 1. The minimum atomic E-state index is -0.175. The third kappa shape index (κ3) is 4.52. The van der Waals surface area contributed by atoms with Crippen LogP contribution >= 0.6 is 0 Å². The number of hydrogen-bond donors (Lipinski definition) is 1. The molecule has 1 aromatic heterocycles. The Balaban J connectivity index is 1.88. The van der Waals surface area contributed by atoms with Crippen LogP contribution in [0.3, 0.4) is 0 Å². The molecule has 23 heavy (non-hydrogen) atoms. The maximum atomic E-state index is 12.1. The van der Waals surface area contributed by atoms with Crippen LogP contribution < -0.4 is 5.32 Å². The van der Waals surface area contributed by atoms with Crippen LogP contribution in [-0.2, 0) is 11.2 Å². The van der Waals surface area contributed by atoms with E-state index in [-0.39, 0.29) is 30.6 Å². The minimum absolute atomic E-state index is 0.0137. The molecule has 5 heteroatoms. The molecule has 1 amide bonds. The molecule has 0 saturated carbocycles. The number of nitrogens with one attached hydrogen (secondary N) is 1. The molecule has 0 aliphatic rings. The Morgan fingerprint density at radius 2 is 1.83 bits per heavy atom. The fraction of sp³-hybridized carbons (Fsp3) is 0.389. The van der Waals surface area contributed by atoms with Crippen molar-refractivity contribution >= 4 is 17.5 Å². The van der Waals surface area contributed by atoms with Gasteiger partial charge in [0.2, 0.25) is 5.91 Å². The predicted molar refractivity (Wildman–Crippen MR) is 90.6 cm³/mol. The van der Waals surface area contributed by atoms with Crippen molar-refractivity contribution in [3.05, 3.63) is 47.7 Å². The van der Waals surface area contributed by atoms with Gasteiger partial charge in [0.1, 0.15) is 5.82 Å². The Labute approximate surface area is 136 Å². The summed E-state index contributed by atoms with van der Waals surface area (Å²) in [5.41, 5.74) is 1.85. The SMILES string of the molecule is CCc1ccc(C(=O)CCC(=O)Nc2ccnn2C(C)C)cc1. The lowest BCUT2D eigenvalue weighted by Gasteiger charge is -2.11. The van der Waals surface area contributed by atoms with Crippen molar-refractivity contribution in [3.8, 4) is 0 Å². The summed E-state index contributed by atoms with van der Waals surface area (Å²) in [4.78, 5) is 24.1. The maximum absolute atomic E-state index is 12.1. The first kappa shape index (κ1) is 16.9. The second-order valence-electron chi connectivity index (χ2n) is 5.78. The zero-order chi connectivity index (χ0) is 16.8. The van der Waals surface area contributed by atoms with Crippen LogP contribution in [0.25, 0.3) is 0 Å². The highest BCUT2D eigenvalue weighted by Crippen LogP contribution is 2.14. The topological polar surface area (TPSA) is 64.0 Å². The van der Waals surface area contributed by atoms with Gasteiger partial charge in [-0.05, 0) is 25.8 Å². The van der Waals surface area contributed by atoms with E-state index < -0.39 is 0 Å². The molecular formula is C18H23N3O2. The quantitative estimate of drug-likeness (QED) is 0.794. The van der Waals surface area contributed by atoms with Gasteiger partial charge in [0.05, 0.1) is 6.20 Å². The zero-order valence-corrected chi connectivity index (χ0v) is 13.9. The number of anilines is 1. The molecule has 0 atom stereocenters. The van der Waals surface area contributed by atoms with Crippen molar-refractivity contribution in [1.82, 2.24) is 9.78 Å². The van der Waals surface area contributed by atoms with E-state index in [2.05, 4.69) is 17.3 Å². The fourth-order valence-electron chi connectivity index (χ4n) is 2.33. The summed E-state index contributed by atoms with van der Waals surface area (Å²) in [5.74, 6) is 0.468. The first-order valence-electron chi connectivity index (χ1n) is 7.96. The summed E-state index contributed by atoms with van der Waals surface area (Å²) in [6.07, 6.45) is 2.96. The number of carbonyl (C=O) groups excluding carboxylic acids is 2. The molecule has 122 valence electrons. The molecule has 1 aromatic carbocycles. The van der Waals surface area contributed by atoms with E-state index in [0.29, 0.717) is 11.4 Å². The van der Waals surface area contributed by atoms with Crippen LogP contribution in [0.4, 0.5) is 5.82 Å². The van der Waals surface area contributed by atoms with Gasteiger partial charge in [-0.1, -0.05) is 31.2 Å². The van der Waals surface area contributed by atoms with Gasteiger partial charge in [-0.2, -0.15) is 5.10 Å². The second kappa shape index (κ2) is 7.72. The van der Waals surface area contributed by atoms with Gasteiger partial charge in [0, 0.05) is 30.5 Å². The Morgan fingerprint density at radius 1 is 1.13 bits per heavy atom. The van der Waals surface area contributed by atoms with Gasteiger partial charge >= 0.3 is 0 Å². The molecule has 0 aliphatic heterocycles. The highest BCUT2D eigenvalue weighted by molar-refractivity contribution is 5.99. The van der Waals surface area contributed by atoms with Crippen LogP contribution in [0.2, 0.25) is 0 Å². The lowest BCUT2D eigenvalue weighted by molar-refractivity contribution is -0.116. The molecule has 0 aliphatic carbocycles. The summed E-state index contributed by atoms with van der Waals surface area (Å²) < 4.78 is 1.74. The normalized spacial score (nSPS) is 10.8. The number of Topliss-reactive ketones (excluding diaryl/α,β-unsaturated/α-hetero) is 1. The standard InChI is InChI=1S/C18H23N3O2/c1-4-14-5-7-15(8-6-14)16(22)9-10-18(23)20-17-11-12-19-21(17)13(2)3/h5-8,11-13H,4,9-10H2,1-3H3,(H,20,23). The van der Waals surface area contributed by atoms with Crippen molar-refractivity contribution in [2.24, 2.45) is 0 Å². The summed E-state index contributed by atoms with van der Waals surface area (Å²) >= 11 is 0. The number of amides is 1. The van der Waals surface area contributed by atoms with Crippen molar-refractivity contribution in [2.75, 3.05) is 5.32 Å². The first-order chi connectivity index (χ1) is 11.0. The average molecular weight is 313 g/mol. The lowest BCUT2D eigenvalue weighted by Crippen LogP contribution is -2.17. The van der Waals surface area contributed by atoms with E-state index in [9.17, 15) is 9.59 Å². The number of aromatic nitrogens is 2. The van der Waals surface area contributed by atoms with Crippen molar-refractivity contribution in [3.63, 3.8) is 0 Å². The van der Waals surface area contributed by atoms with E-state index in [4.69, 9.17) is 0 Å². The van der Waals surface area contributed by atoms with Crippen LogP contribution in [-0.4, -0.2) is 21.5 Å². The van der Waals surface area contributed by atoms with Crippen molar-refractivity contribution in [2.45, 2.75) is 46.1 Å². The molecule has 0 unspecified atom stereocenters. The summed E-state index contributed by atoms with van der Waals surface area (Å²) in [5, 5.41) is 6.97. The average Bonchev–Trinajstić information content (AvgIpc) is 3.01. The Hall–Kier alpha value is -2.43.